The molecule has 0 spiro atoms. The number of benzene rings is 2. The minimum atomic E-state index is -5.14. The van der Waals surface area contributed by atoms with Gasteiger partial charge in [-0.25, -0.2) is 16.8 Å². The minimum Gasteiger partial charge on any atom is -0.744 e. The molecule has 0 fully saturated rings. The molecule has 2 aromatic rings. The molecule has 0 saturated heterocycles. The van der Waals surface area contributed by atoms with E-state index < -0.39 is 30.0 Å². The van der Waals surface area contributed by atoms with Crippen molar-refractivity contribution in [2.45, 2.75) is 36.5 Å². The predicted octanol–water partition coefficient (Wildman–Crippen LogP) is 1.52. The highest BCUT2D eigenvalue weighted by atomic mass is 32.2. The highest BCUT2D eigenvalue weighted by Crippen LogP contribution is 2.39. The van der Waals surface area contributed by atoms with Gasteiger partial charge < -0.3 is 25.5 Å². The van der Waals surface area contributed by atoms with Gasteiger partial charge in [0.15, 0.2) is 0 Å². The molecule has 0 aromatic heterocycles. The van der Waals surface area contributed by atoms with Crippen LogP contribution in [-0.4, -0.2) is 52.1 Å². The lowest BCUT2D eigenvalue weighted by molar-refractivity contribution is -0.379. The lowest BCUT2D eigenvalue weighted by Crippen LogP contribution is -2.54. The van der Waals surface area contributed by atoms with Crippen LogP contribution in [0.1, 0.15) is 37.8 Å². The number of nitrogens with zero attached hydrogens (tertiary/aromatic N) is 1. The average molecular weight is 562 g/mol. The van der Waals surface area contributed by atoms with Crippen molar-refractivity contribution in [3.05, 3.63) is 83.5 Å². The minimum absolute atomic E-state index is 0.0223. The van der Waals surface area contributed by atoms with Gasteiger partial charge in [0.1, 0.15) is 20.2 Å². The molecule has 0 aliphatic heterocycles. The third-order valence-electron chi connectivity index (χ3n) is 6.83. The van der Waals surface area contributed by atoms with Crippen LogP contribution in [0.25, 0.3) is 5.57 Å². The summed E-state index contributed by atoms with van der Waals surface area (Å²) in [6.07, 6.45) is 9.49. The van der Waals surface area contributed by atoms with Gasteiger partial charge in [-0.3, -0.25) is 0 Å². The fourth-order valence-electron chi connectivity index (χ4n) is 4.88. The number of allylic oxidation sites excluding steroid dienone is 5. The zero-order chi connectivity index (χ0) is 28.1. The summed E-state index contributed by atoms with van der Waals surface area (Å²) in [7, 11) is -10.1. The van der Waals surface area contributed by atoms with Gasteiger partial charge in [0, 0.05) is 42.6 Å². The van der Waals surface area contributed by atoms with Crippen LogP contribution in [0, 0.1) is 5.41 Å². The van der Waals surface area contributed by atoms with Crippen LogP contribution in [0.3, 0.4) is 0 Å². The zero-order valence-corrected chi connectivity index (χ0v) is 23.4. The van der Waals surface area contributed by atoms with Crippen molar-refractivity contribution in [2.24, 2.45) is 5.41 Å². The normalized spacial score (nSPS) is 15.1. The van der Waals surface area contributed by atoms with Gasteiger partial charge in [-0.2, -0.15) is 0 Å². The van der Waals surface area contributed by atoms with Crippen molar-refractivity contribution in [2.75, 3.05) is 31.1 Å². The van der Waals surface area contributed by atoms with E-state index in [1.54, 1.807) is 0 Å². The Bertz CT molecular complexity index is 1430. The quantitative estimate of drug-likeness (QED) is 0.391. The molecule has 11 heteroatoms. The summed E-state index contributed by atoms with van der Waals surface area (Å²) in [5.41, 5.74) is 10.4. The van der Waals surface area contributed by atoms with Crippen LogP contribution in [0.15, 0.2) is 82.1 Å². The lowest BCUT2D eigenvalue weighted by atomic mass is 9.76. The summed E-state index contributed by atoms with van der Waals surface area (Å²) in [6, 6.07) is 10.4. The summed E-state index contributed by atoms with van der Waals surface area (Å²) < 4.78 is 71.8. The van der Waals surface area contributed by atoms with E-state index in [-0.39, 0.29) is 11.0 Å². The molecule has 0 radical (unpaired) electrons. The molecule has 0 amide bonds. The van der Waals surface area contributed by atoms with Crippen molar-refractivity contribution in [3.63, 3.8) is 0 Å². The van der Waals surface area contributed by atoms with Crippen molar-refractivity contribution in [1.29, 1.82) is 0 Å². The number of anilines is 1. The Kier molecular flexibility index (Phi) is 9.34. The number of rotatable bonds is 11. The summed E-state index contributed by atoms with van der Waals surface area (Å²) in [5.74, 6) is 0. The number of quaternary nitrogens is 2. The van der Waals surface area contributed by atoms with Crippen LogP contribution < -0.4 is 16.4 Å². The van der Waals surface area contributed by atoms with Gasteiger partial charge in [0.05, 0.1) is 22.9 Å². The van der Waals surface area contributed by atoms with Gasteiger partial charge in [-0.15, -0.1) is 0 Å². The molecule has 2 aromatic carbocycles. The summed E-state index contributed by atoms with van der Waals surface area (Å²) >= 11 is 0. The molecule has 0 heterocycles. The molecule has 0 saturated carbocycles. The van der Waals surface area contributed by atoms with Crippen molar-refractivity contribution in [1.82, 2.24) is 0 Å². The topological polar surface area (TPSA) is 173 Å². The van der Waals surface area contributed by atoms with E-state index in [1.807, 2.05) is 62.4 Å². The van der Waals surface area contributed by atoms with Crippen molar-refractivity contribution < 1.29 is 37.4 Å². The maximum absolute atomic E-state index is 12.3. The molecule has 0 unspecified atom stereocenters. The van der Waals surface area contributed by atoms with Crippen molar-refractivity contribution in [3.8, 4) is 0 Å². The smallest absolute Gasteiger partial charge is 0.125 e. The van der Waals surface area contributed by atoms with E-state index >= 15 is 0 Å². The van der Waals surface area contributed by atoms with E-state index in [0.29, 0.717) is 22.8 Å². The van der Waals surface area contributed by atoms with Crippen molar-refractivity contribution >= 4 is 31.5 Å². The van der Waals surface area contributed by atoms with E-state index in [0.717, 1.165) is 50.8 Å². The maximum Gasteiger partial charge on any atom is 0.125 e. The van der Waals surface area contributed by atoms with E-state index in [1.165, 1.54) is 6.07 Å². The fraction of sp³-hybridized carbons (Fsp3) is 0.333. The molecular formula is C27H35N3O6S2. The van der Waals surface area contributed by atoms with Gasteiger partial charge in [0.25, 0.3) is 0 Å². The second kappa shape index (κ2) is 11.9. The molecule has 206 valence electrons. The van der Waals surface area contributed by atoms with Crippen LogP contribution in [0.4, 0.5) is 5.69 Å². The van der Waals surface area contributed by atoms with Crippen LogP contribution in [0.2, 0.25) is 0 Å². The van der Waals surface area contributed by atoms with Crippen LogP contribution >= 0.6 is 0 Å². The molecule has 38 heavy (non-hydrogen) atoms. The Morgan fingerprint density at radius 1 is 0.842 bits per heavy atom. The molecule has 1 aliphatic rings. The third kappa shape index (κ3) is 6.60. The molecule has 0 atom stereocenters. The van der Waals surface area contributed by atoms with E-state index in [9.17, 15) is 25.9 Å². The summed E-state index contributed by atoms with van der Waals surface area (Å²) in [6.45, 7) is 7.14. The Labute approximate surface area is 225 Å². The van der Waals surface area contributed by atoms with Gasteiger partial charge >= 0.3 is 0 Å². The Morgan fingerprint density at radius 2 is 1.39 bits per heavy atom. The third-order valence-corrected chi connectivity index (χ3v) is 8.54. The molecule has 9 nitrogen and oxygen atoms in total. The first kappa shape index (κ1) is 29.8. The second-order valence-corrected chi connectivity index (χ2v) is 12.0. The Hall–Kier alpha value is -2.80. The van der Waals surface area contributed by atoms with Gasteiger partial charge in [-0.05, 0) is 54.8 Å². The fourth-order valence-corrected chi connectivity index (χ4v) is 6.16. The SMILES string of the molecule is CCN(CC)c1ccc(C(=C2C=CC(CC[NH3+])(CC[NH3+])C=C2)c2ccc(S(=O)(=O)[O-])cc2S(=O)(=O)[O-])cc1. The monoisotopic (exact) mass is 561 g/mol. The molecule has 1 aliphatic carbocycles. The van der Waals surface area contributed by atoms with Gasteiger partial charge in [-0.1, -0.05) is 42.5 Å². The molecular weight excluding hydrogens is 526 g/mol. The average Bonchev–Trinajstić information content (AvgIpc) is 2.86. The van der Waals surface area contributed by atoms with Crippen LogP contribution in [-0.2, 0) is 20.2 Å². The maximum atomic E-state index is 12.3. The second-order valence-electron chi connectivity index (χ2n) is 9.22. The Morgan fingerprint density at radius 3 is 1.84 bits per heavy atom. The molecule has 6 N–H and O–H groups in total. The zero-order valence-electron chi connectivity index (χ0n) is 21.7. The highest BCUT2D eigenvalue weighted by Gasteiger charge is 2.28. The first-order chi connectivity index (χ1) is 17.9. The standard InChI is InChI=1S/C27H35N3O6S2/c1-3-30(4-2)22-7-5-20(6-8-22)26(21-11-13-27(14-12-21,15-17-28)16-18-29)24-10-9-23(37(31,32)33)19-25(24)38(34,35)36/h5-14,19H,3-4,15-18,28-29H2,1-2H3,(H,31,32,33)(H,34,35,36). The van der Waals surface area contributed by atoms with Gasteiger partial charge in [0.2, 0.25) is 0 Å². The molecule has 0 bridgehead atoms. The molecule has 3 rings (SSSR count). The summed E-state index contributed by atoms with van der Waals surface area (Å²) in [4.78, 5) is 0.611. The van der Waals surface area contributed by atoms with Crippen LogP contribution in [0.5, 0.6) is 0 Å². The highest BCUT2D eigenvalue weighted by molar-refractivity contribution is 7.86. The largest absolute Gasteiger partial charge is 0.744 e. The first-order valence-electron chi connectivity index (χ1n) is 12.5. The van der Waals surface area contributed by atoms with E-state index in [2.05, 4.69) is 16.4 Å². The predicted molar refractivity (Wildman–Crippen MR) is 144 cm³/mol. The Balaban J connectivity index is 2.31. The lowest BCUT2D eigenvalue weighted by Gasteiger charge is -2.28. The first-order valence-corrected chi connectivity index (χ1v) is 15.3. The van der Waals surface area contributed by atoms with E-state index in [4.69, 9.17) is 0 Å². The summed E-state index contributed by atoms with van der Waals surface area (Å²) in [5, 5.41) is 0. The number of hydrogen-bond donors (Lipinski definition) is 2. The number of hydrogen-bond acceptors (Lipinski definition) is 7.